The number of nitrogens with zero attached hydrogens (tertiary/aromatic N) is 1. The van der Waals surface area contributed by atoms with Crippen molar-refractivity contribution in [2.24, 2.45) is 5.10 Å². The van der Waals surface area contributed by atoms with Crippen LogP contribution in [-0.4, -0.2) is 18.7 Å². The van der Waals surface area contributed by atoms with Crippen LogP contribution in [0.3, 0.4) is 0 Å². The lowest BCUT2D eigenvalue weighted by atomic mass is 10.2. The lowest BCUT2D eigenvalue weighted by molar-refractivity contribution is 0.0955. The van der Waals surface area contributed by atoms with Gasteiger partial charge in [0, 0.05) is 31.2 Å². The highest BCUT2D eigenvalue weighted by Crippen LogP contribution is 2.23. The molecule has 0 saturated heterocycles. The highest BCUT2D eigenvalue weighted by atomic mass is 79.9. The first-order valence-electron chi connectivity index (χ1n) is 9.89. The van der Waals surface area contributed by atoms with Gasteiger partial charge in [-0.1, -0.05) is 52.1 Å². The molecule has 3 rings (SSSR count). The first-order valence-corrected chi connectivity index (χ1v) is 11.4. The van der Waals surface area contributed by atoms with Crippen LogP contribution >= 0.6 is 39.1 Å². The molecule has 0 aliphatic rings. The molecule has 0 heterocycles. The molecule has 0 bridgehead atoms. The topological polar surface area (TPSA) is 59.9 Å². The van der Waals surface area contributed by atoms with Crippen molar-refractivity contribution in [3.63, 3.8) is 0 Å². The van der Waals surface area contributed by atoms with Crippen molar-refractivity contribution in [3.05, 3.63) is 91.9 Å². The highest BCUT2D eigenvalue weighted by Gasteiger charge is 2.07. The van der Waals surface area contributed by atoms with Gasteiger partial charge in [-0.3, -0.25) is 4.79 Å². The smallest absolute Gasteiger partial charge is 0.271 e. The summed E-state index contributed by atoms with van der Waals surface area (Å²) in [5.41, 5.74) is 4.57. The predicted octanol–water partition coefficient (Wildman–Crippen LogP) is 6.89. The first-order chi connectivity index (χ1) is 15.5. The minimum atomic E-state index is -0.334. The van der Waals surface area contributed by atoms with Crippen molar-refractivity contribution in [1.82, 2.24) is 5.43 Å². The summed E-state index contributed by atoms with van der Waals surface area (Å²) in [5.74, 6) is 0.984. The molecule has 3 aromatic carbocycles. The maximum Gasteiger partial charge on any atom is 0.271 e. The number of carbonyl (C=O) groups excluding carboxylic acids is 1. The summed E-state index contributed by atoms with van der Waals surface area (Å²) in [4.78, 5) is 12.4. The Hall–Kier alpha value is -2.54. The molecule has 0 radical (unpaired) electrons. The summed E-state index contributed by atoms with van der Waals surface area (Å²) in [6.45, 7) is 2.93. The Labute approximate surface area is 205 Å². The second-order valence-electron chi connectivity index (χ2n) is 6.78. The van der Waals surface area contributed by atoms with E-state index < -0.39 is 0 Å². The molecule has 3 aromatic rings. The number of halogens is 3. The van der Waals surface area contributed by atoms with Crippen LogP contribution in [0.4, 0.5) is 0 Å². The number of hydrogen-bond acceptors (Lipinski definition) is 4. The Bertz CT molecular complexity index is 1100. The molecule has 0 aliphatic carbocycles. The number of amides is 1. The Morgan fingerprint density at radius 2 is 1.84 bits per heavy atom. The van der Waals surface area contributed by atoms with Crippen LogP contribution in [0.15, 0.2) is 70.2 Å². The molecule has 0 fully saturated rings. The van der Waals surface area contributed by atoms with Crippen LogP contribution in [0.25, 0.3) is 0 Å². The van der Waals surface area contributed by atoms with Crippen LogP contribution < -0.4 is 14.9 Å². The third kappa shape index (κ3) is 6.99. The van der Waals surface area contributed by atoms with E-state index in [9.17, 15) is 4.79 Å². The van der Waals surface area contributed by atoms with Crippen LogP contribution in [0.2, 0.25) is 10.0 Å². The van der Waals surface area contributed by atoms with E-state index in [1.807, 2.05) is 31.2 Å². The van der Waals surface area contributed by atoms with Gasteiger partial charge in [0.1, 0.15) is 18.1 Å². The molecular weight excluding hydrogens is 515 g/mol. The molecule has 0 saturated carbocycles. The van der Waals surface area contributed by atoms with Gasteiger partial charge in [0.2, 0.25) is 0 Å². The maximum atomic E-state index is 12.4. The molecule has 0 atom stereocenters. The van der Waals surface area contributed by atoms with Crippen molar-refractivity contribution in [3.8, 4) is 11.5 Å². The van der Waals surface area contributed by atoms with Crippen molar-refractivity contribution in [1.29, 1.82) is 0 Å². The van der Waals surface area contributed by atoms with Crippen molar-refractivity contribution >= 4 is 51.3 Å². The molecule has 8 heteroatoms. The fraction of sp³-hybridized carbons (Fsp3) is 0.167. The predicted molar refractivity (Wildman–Crippen MR) is 132 cm³/mol. The Morgan fingerprint density at radius 3 is 2.56 bits per heavy atom. The van der Waals surface area contributed by atoms with Crippen LogP contribution in [0.1, 0.15) is 34.8 Å². The summed E-state index contributed by atoms with van der Waals surface area (Å²) in [6, 6.07) is 17.6. The Morgan fingerprint density at radius 1 is 1.06 bits per heavy atom. The largest absolute Gasteiger partial charge is 0.493 e. The Kier molecular flexibility index (Phi) is 8.97. The second-order valence-corrected chi connectivity index (χ2v) is 8.54. The molecule has 1 amide bonds. The minimum absolute atomic E-state index is 0.293. The summed E-state index contributed by atoms with van der Waals surface area (Å²) < 4.78 is 12.3. The van der Waals surface area contributed by atoms with Crippen LogP contribution in [0.5, 0.6) is 11.5 Å². The monoisotopic (exact) mass is 534 g/mol. The van der Waals surface area contributed by atoms with E-state index in [0.29, 0.717) is 40.3 Å². The van der Waals surface area contributed by atoms with E-state index >= 15 is 0 Å². The molecule has 0 unspecified atom stereocenters. The SMILES string of the molecule is CCCOc1ccc(Br)cc1/C=N\NC(=O)c1ccc(OCc2ccc(Cl)cc2Cl)cc1. The van der Waals surface area contributed by atoms with Crippen LogP contribution in [-0.2, 0) is 6.61 Å². The zero-order valence-electron chi connectivity index (χ0n) is 17.3. The maximum absolute atomic E-state index is 12.4. The fourth-order valence-corrected chi connectivity index (χ4v) is 3.53. The first kappa shape index (κ1) is 24.1. The fourth-order valence-electron chi connectivity index (χ4n) is 2.69. The van der Waals surface area contributed by atoms with Gasteiger partial charge >= 0.3 is 0 Å². The van der Waals surface area contributed by atoms with E-state index in [0.717, 1.165) is 22.0 Å². The quantitative estimate of drug-likeness (QED) is 0.240. The lowest BCUT2D eigenvalue weighted by Gasteiger charge is -2.09. The number of hydrazone groups is 1. The molecule has 0 aliphatic heterocycles. The number of benzene rings is 3. The normalized spacial score (nSPS) is 10.9. The number of carbonyl (C=O) groups is 1. The third-order valence-electron chi connectivity index (χ3n) is 4.33. The van der Waals surface area contributed by atoms with Crippen molar-refractivity contribution < 1.29 is 14.3 Å². The lowest BCUT2D eigenvalue weighted by Crippen LogP contribution is -2.17. The van der Waals surface area contributed by atoms with E-state index in [2.05, 4.69) is 26.5 Å². The average Bonchev–Trinajstić information content (AvgIpc) is 2.78. The summed E-state index contributed by atoms with van der Waals surface area (Å²) in [5, 5.41) is 5.17. The molecule has 0 spiro atoms. The summed E-state index contributed by atoms with van der Waals surface area (Å²) in [7, 11) is 0. The van der Waals surface area contributed by atoms with Crippen molar-refractivity contribution in [2.75, 3.05) is 6.61 Å². The number of ether oxygens (including phenoxy) is 2. The van der Waals surface area contributed by atoms with Gasteiger partial charge in [0.25, 0.3) is 5.91 Å². The highest BCUT2D eigenvalue weighted by molar-refractivity contribution is 9.10. The zero-order valence-corrected chi connectivity index (χ0v) is 20.4. The summed E-state index contributed by atoms with van der Waals surface area (Å²) in [6.07, 6.45) is 2.46. The molecule has 1 N–H and O–H groups in total. The van der Waals surface area contributed by atoms with Gasteiger partial charge in [-0.15, -0.1) is 0 Å². The molecule has 5 nitrogen and oxygen atoms in total. The van der Waals surface area contributed by atoms with Gasteiger partial charge in [0.05, 0.1) is 12.8 Å². The molecule has 0 aromatic heterocycles. The van der Waals surface area contributed by atoms with E-state index in [4.69, 9.17) is 32.7 Å². The Balaban J connectivity index is 1.57. The second kappa shape index (κ2) is 11.9. The van der Waals surface area contributed by atoms with Gasteiger partial charge in [-0.05, 0) is 61.0 Å². The molecule has 166 valence electrons. The van der Waals surface area contributed by atoms with Crippen molar-refractivity contribution in [2.45, 2.75) is 20.0 Å². The minimum Gasteiger partial charge on any atom is -0.493 e. The molecular formula is C24H21BrCl2N2O3. The average molecular weight is 536 g/mol. The zero-order chi connectivity index (χ0) is 22.9. The molecule has 32 heavy (non-hydrogen) atoms. The standard InChI is InChI=1S/C24H21BrCl2N2O3/c1-2-11-31-23-10-6-19(25)12-18(23)14-28-29-24(30)16-4-8-21(9-5-16)32-15-17-3-7-20(26)13-22(17)27/h3-10,12-14H,2,11,15H2,1H3,(H,29,30)/b28-14-. The summed E-state index contributed by atoms with van der Waals surface area (Å²) >= 11 is 15.5. The van der Waals surface area contributed by atoms with Gasteiger partial charge < -0.3 is 9.47 Å². The number of rotatable bonds is 9. The van der Waals surface area contributed by atoms with E-state index in [-0.39, 0.29) is 5.91 Å². The number of nitrogens with one attached hydrogen (secondary N) is 1. The van der Waals surface area contributed by atoms with Gasteiger partial charge in [0.15, 0.2) is 0 Å². The van der Waals surface area contributed by atoms with E-state index in [1.54, 1.807) is 42.6 Å². The third-order valence-corrected chi connectivity index (χ3v) is 5.41. The van der Waals surface area contributed by atoms with Gasteiger partial charge in [-0.25, -0.2) is 5.43 Å². The van der Waals surface area contributed by atoms with E-state index in [1.165, 1.54) is 0 Å². The van der Waals surface area contributed by atoms with Gasteiger partial charge in [-0.2, -0.15) is 5.10 Å². The number of hydrogen-bond donors (Lipinski definition) is 1. The van der Waals surface area contributed by atoms with Crippen LogP contribution in [0, 0.1) is 0 Å².